The Labute approximate surface area is 225 Å². The smallest absolute Gasteiger partial charge is 0.744 e. The first-order valence-electron chi connectivity index (χ1n) is 8.22. The van der Waals surface area contributed by atoms with E-state index in [0.717, 1.165) is 18.2 Å². The van der Waals surface area contributed by atoms with Crippen LogP contribution in [0.15, 0.2) is 52.3 Å². The summed E-state index contributed by atoms with van der Waals surface area (Å²) < 4.78 is 95.2. The van der Waals surface area contributed by atoms with E-state index in [1.54, 1.807) is 0 Å². The van der Waals surface area contributed by atoms with E-state index in [0.29, 0.717) is 12.8 Å². The Bertz CT molecular complexity index is 1300. The molecule has 1 N–H and O–H groups in total. The molecule has 0 radical (unpaired) electrons. The Morgan fingerprint density at radius 2 is 1.29 bits per heavy atom. The molecule has 3 rings (SSSR count). The van der Waals surface area contributed by atoms with Gasteiger partial charge in [0.05, 0.1) is 15.0 Å². The molecule has 2 aromatic carbocycles. The van der Waals surface area contributed by atoms with Gasteiger partial charge >= 0.3 is 59.1 Å². The Morgan fingerprint density at radius 1 is 0.774 bits per heavy atom. The standard InChI is InChI=1S/C17H17NO8S3.2Na/c19-27(20,15-9-10-15)18-14-8-7-13(17(11-14)29(24,25)26)6-5-12-3-1-2-4-16(12)28(21,22)23;;/h1-8,11,15,18H,9-10H2,(H,21,22,23)(H,24,25,26);;/q;2*+1/p-2. The van der Waals surface area contributed by atoms with Gasteiger partial charge in [0, 0.05) is 5.69 Å². The molecule has 1 aliphatic rings. The minimum absolute atomic E-state index is 0. The predicted molar refractivity (Wildman–Crippen MR) is 103 cm³/mol. The summed E-state index contributed by atoms with van der Waals surface area (Å²) in [4.78, 5) is -1.19. The van der Waals surface area contributed by atoms with E-state index in [1.165, 1.54) is 36.4 Å². The molecule has 0 bridgehead atoms. The molecule has 14 heteroatoms. The van der Waals surface area contributed by atoms with Gasteiger partial charge in [-0.15, -0.1) is 0 Å². The maximum Gasteiger partial charge on any atom is 1.00 e. The fraction of sp³-hybridized carbons (Fsp3) is 0.176. The van der Waals surface area contributed by atoms with Crippen LogP contribution in [0.25, 0.3) is 12.2 Å². The first-order chi connectivity index (χ1) is 13.4. The van der Waals surface area contributed by atoms with E-state index in [-0.39, 0.29) is 75.9 Å². The Balaban J connectivity index is 0.00000240. The molecule has 31 heavy (non-hydrogen) atoms. The van der Waals surface area contributed by atoms with E-state index in [9.17, 15) is 34.4 Å². The number of hydrogen-bond acceptors (Lipinski definition) is 8. The third kappa shape index (κ3) is 7.64. The number of rotatable bonds is 7. The summed E-state index contributed by atoms with van der Waals surface area (Å²) in [7, 11) is -13.4. The van der Waals surface area contributed by atoms with Crippen LogP contribution in [0.1, 0.15) is 24.0 Å². The quantitative estimate of drug-likeness (QED) is 0.225. The molecule has 1 saturated carbocycles. The third-order valence-electron chi connectivity index (χ3n) is 4.14. The fourth-order valence-electron chi connectivity index (χ4n) is 2.60. The number of anilines is 1. The minimum Gasteiger partial charge on any atom is -0.744 e. The van der Waals surface area contributed by atoms with E-state index in [2.05, 4.69) is 4.72 Å². The van der Waals surface area contributed by atoms with Crippen molar-refractivity contribution < 1.29 is 93.5 Å². The van der Waals surface area contributed by atoms with Gasteiger partial charge in [-0.25, -0.2) is 25.3 Å². The summed E-state index contributed by atoms with van der Waals surface area (Å²) >= 11 is 0. The zero-order valence-electron chi connectivity index (χ0n) is 16.7. The molecular weight excluding hydrogens is 488 g/mol. The van der Waals surface area contributed by atoms with Crippen LogP contribution in [-0.4, -0.2) is 39.6 Å². The minimum atomic E-state index is -4.98. The average molecular weight is 503 g/mol. The van der Waals surface area contributed by atoms with Crippen molar-refractivity contribution in [1.82, 2.24) is 0 Å². The summed E-state index contributed by atoms with van der Waals surface area (Å²) in [6.07, 6.45) is 3.35. The molecule has 0 unspecified atom stereocenters. The summed E-state index contributed by atoms with van der Waals surface area (Å²) in [6, 6.07) is 8.67. The van der Waals surface area contributed by atoms with Crippen LogP contribution in [0, 0.1) is 0 Å². The van der Waals surface area contributed by atoms with Gasteiger partial charge in [-0.05, 0) is 42.2 Å². The van der Waals surface area contributed by atoms with Gasteiger partial charge < -0.3 is 9.11 Å². The first kappa shape index (κ1) is 28.8. The monoisotopic (exact) mass is 503 g/mol. The van der Waals surface area contributed by atoms with Crippen LogP contribution in [0.5, 0.6) is 0 Å². The molecule has 0 heterocycles. The molecular formula is C17H15NNa2O8S3. The molecule has 0 amide bonds. The van der Waals surface area contributed by atoms with Crippen LogP contribution in [-0.2, 0) is 30.3 Å². The summed E-state index contributed by atoms with van der Waals surface area (Å²) in [6.45, 7) is 0. The molecule has 0 saturated heterocycles. The maximum absolute atomic E-state index is 12.0. The van der Waals surface area contributed by atoms with Crippen molar-refractivity contribution >= 4 is 48.1 Å². The Hall–Kier alpha value is -0.250. The second kappa shape index (κ2) is 10.8. The zero-order valence-corrected chi connectivity index (χ0v) is 23.1. The molecule has 0 spiro atoms. The van der Waals surface area contributed by atoms with Gasteiger partial charge in [0.1, 0.15) is 20.2 Å². The van der Waals surface area contributed by atoms with Crippen molar-refractivity contribution in [2.24, 2.45) is 0 Å². The molecule has 0 aliphatic heterocycles. The van der Waals surface area contributed by atoms with Crippen LogP contribution >= 0.6 is 0 Å². The number of benzene rings is 2. The van der Waals surface area contributed by atoms with Crippen molar-refractivity contribution in [3.05, 3.63) is 53.6 Å². The SMILES string of the molecule is O=S(=O)([O-])c1ccccc1C=Cc1ccc(NS(=O)(=O)C2CC2)cc1S(=O)(=O)[O-].[Na+].[Na+]. The fourth-order valence-corrected chi connectivity index (χ4v) is 5.35. The molecule has 2 aromatic rings. The number of sulfonamides is 1. The largest absolute Gasteiger partial charge is 1.00 e. The maximum atomic E-state index is 12.0. The van der Waals surface area contributed by atoms with E-state index >= 15 is 0 Å². The van der Waals surface area contributed by atoms with Crippen LogP contribution in [0.2, 0.25) is 0 Å². The van der Waals surface area contributed by atoms with Crippen LogP contribution in [0.3, 0.4) is 0 Å². The van der Waals surface area contributed by atoms with E-state index < -0.39 is 45.3 Å². The van der Waals surface area contributed by atoms with Gasteiger partial charge in [-0.2, -0.15) is 0 Å². The number of hydrogen-bond donors (Lipinski definition) is 1. The first-order valence-corrected chi connectivity index (χ1v) is 12.6. The zero-order chi connectivity index (χ0) is 21.4. The predicted octanol–water partition coefficient (Wildman–Crippen LogP) is -4.42. The van der Waals surface area contributed by atoms with Gasteiger partial charge in [-0.3, -0.25) is 4.72 Å². The van der Waals surface area contributed by atoms with Crippen molar-refractivity contribution in [3.63, 3.8) is 0 Å². The van der Waals surface area contributed by atoms with Gasteiger partial charge in [0.15, 0.2) is 0 Å². The summed E-state index contributed by atoms with van der Waals surface area (Å²) in [5.74, 6) is 0. The molecule has 0 atom stereocenters. The second-order valence-electron chi connectivity index (χ2n) is 6.38. The Kier molecular flexibility index (Phi) is 10.0. The topological polar surface area (TPSA) is 161 Å². The van der Waals surface area contributed by atoms with Crippen molar-refractivity contribution in [3.8, 4) is 0 Å². The molecule has 0 aromatic heterocycles. The summed E-state index contributed by atoms with van der Waals surface area (Å²) in [5, 5.41) is -0.542. The van der Waals surface area contributed by atoms with Gasteiger partial charge in [0.2, 0.25) is 10.0 Å². The summed E-state index contributed by atoms with van der Waals surface area (Å²) in [5.41, 5.74) is -0.159. The van der Waals surface area contributed by atoms with Gasteiger partial charge in [-0.1, -0.05) is 36.4 Å². The van der Waals surface area contributed by atoms with Crippen molar-refractivity contribution in [1.29, 1.82) is 0 Å². The van der Waals surface area contributed by atoms with Crippen LogP contribution in [0.4, 0.5) is 5.69 Å². The van der Waals surface area contributed by atoms with Gasteiger partial charge in [0.25, 0.3) is 0 Å². The number of nitrogens with one attached hydrogen (secondary N) is 1. The van der Waals surface area contributed by atoms with Crippen molar-refractivity contribution in [2.75, 3.05) is 4.72 Å². The Morgan fingerprint density at radius 3 is 1.81 bits per heavy atom. The van der Waals surface area contributed by atoms with E-state index in [1.807, 2.05) is 0 Å². The van der Waals surface area contributed by atoms with Crippen molar-refractivity contribution in [2.45, 2.75) is 27.9 Å². The molecule has 9 nitrogen and oxygen atoms in total. The molecule has 1 fully saturated rings. The molecule has 1 aliphatic carbocycles. The molecule has 156 valence electrons. The normalized spacial score (nSPS) is 14.5. The van der Waals surface area contributed by atoms with E-state index in [4.69, 9.17) is 0 Å². The average Bonchev–Trinajstić information content (AvgIpc) is 3.44. The van der Waals surface area contributed by atoms with Crippen LogP contribution < -0.4 is 63.8 Å². The third-order valence-corrected chi connectivity index (χ3v) is 7.81. The second-order valence-corrected chi connectivity index (χ2v) is 11.0.